The summed E-state index contributed by atoms with van der Waals surface area (Å²) in [5, 5.41) is 7.22. The van der Waals surface area contributed by atoms with E-state index in [1.54, 1.807) is 6.20 Å². The molecule has 0 bridgehead atoms. The van der Waals surface area contributed by atoms with E-state index < -0.39 is 0 Å². The highest BCUT2D eigenvalue weighted by Gasteiger charge is 2.18. The van der Waals surface area contributed by atoms with Gasteiger partial charge in [-0.25, -0.2) is 9.97 Å². The first-order valence-corrected chi connectivity index (χ1v) is 14.1. The lowest BCUT2D eigenvalue weighted by molar-refractivity contribution is 1.19. The summed E-state index contributed by atoms with van der Waals surface area (Å²) < 4.78 is 0. The first-order chi connectivity index (χ1) is 20.8. The van der Waals surface area contributed by atoms with Crippen molar-refractivity contribution in [2.24, 2.45) is 0 Å². The van der Waals surface area contributed by atoms with Crippen LogP contribution in [0.4, 0.5) is 0 Å². The Morgan fingerprint density at radius 1 is 0.405 bits per heavy atom. The number of fused-ring (bicyclic) bond motifs is 4. The molecule has 0 saturated carbocycles. The average Bonchev–Trinajstić information content (AvgIpc) is 3.07. The summed E-state index contributed by atoms with van der Waals surface area (Å²) in [6.07, 6.45) is 3.69. The van der Waals surface area contributed by atoms with Crippen LogP contribution in [0.25, 0.3) is 77.3 Å². The van der Waals surface area contributed by atoms with Crippen LogP contribution < -0.4 is 0 Å². The number of pyridine rings is 1. The topological polar surface area (TPSA) is 38.7 Å². The molecule has 2 aromatic heterocycles. The number of benzene rings is 6. The van der Waals surface area contributed by atoms with E-state index in [1.165, 1.54) is 32.3 Å². The summed E-state index contributed by atoms with van der Waals surface area (Å²) in [6.45, 7) is 0. The molecule has 0 aliphatic heterocycles. The Hall–Kier alpha value is -5.67. The van der Waals surface area contributed by atoms with Crippen molar-refractivity contribution in [2.45, 2.75) is 0 Å². The Morgan fingerprint density at radius 3 is 1.93 bits per heavy atom. The molecular formula is C39H25N3. The minimum Gasteiger partial charge on any atom is -0.264 e. The van der Waals surface area contributed by atoms with Crippen molar-refractivity contribution in [3.05, 3.63) is 152 Å². The van der Waals surface area contributed by atoms with Gasteiger partial charge in [0.1, 0.15) is 0 Å². The number of hydrogen-bond acceptors (Lipinski definition) is 3. The Kier molecular flexibility index (Phi) is 5.79. The summed E-state index contributed by atoms with van der Waals surface area (Å²) in [5.74, 6) is 0.688. The minimum absolute atomic E-state index is 0.688. The predicted molar refractivity (Wildman–Crippen MR) is 174 cm³/mol. The number of nitrogens with zero attached hydrogens (tertiary/aromatic N) is 3. The fourth-order valence-corrected chi connectivity index (χ4v) is 6.00. The van der Waals surface area contributed by atoms with E-state index in [4.69, 9.17) is 9.97 Å². The minimum atomic E-state index is 0.688. The molecule has 0 fully saturated rings. The van der Waals surface area contributed by atoms with Gasteiger partial charge in [-0.1, -0.05) is 121 Å². The third-order valence-electron chi connectivity index (χ3n) is 7.96. The lowest BCUT2D eigenvalue weighted by Crippen LogP contribution is -1.98. The van der Waals surface area contributed by atoms with Gasteiger partial charge in [-0.05, 0) is 56.1 Å². The molecule has 6 aromatic carbocycles. The van der Waals surface area contributed by atoms with Gasteiger partial charge < -0.3 is 0 Å². The lowest BCUT2D eigenvalue weighted by Gasteiger charge is -2.16. The van der Waals surface area contributed by atoms with Crippen molar-refractivity contribution in [1.82, 2.24) is 15.0 Å². The molecule has 0 aliphatic rings. The lowest BCUT2D eigenvalue weighted by atomic mass is 9.91. The van der Waals surface area contributed by atoms with Gasteiger partial charge in [-0.15, -0.1) is 0 Å². The second-order valence-electron chi connectivity index (χ2n) is 10.5. The van der Waals surface area contributed by atoms with Gasteiger partial charge in [0.05, 0.1) is 11.4 Å². The maximum absolute atomic E-state index is 5.33. The standard InChI is InChI=1S/C39H25N3/c1-2-12-27(13-3-1)36-24-37(42-39(41-36)34-19-9-8-17-31(34)29-15-10-22-40-25-29)38-32-18-7-5-14-28(32)23-35-30-16-6-4-11-26(30)20-21-33(35)38/h1-25H. The van der Waals surface area contributed by atoms with Crippen LogP contribution in [-0.2, 0) is 0 Å². The van der Waals surface area contributed by atoms with Crippen LogP contribution in [0.1, 0.15) is 0 Å². The highest BCUT2D eigenvalue weighted by Crippen LogP contribution is 2.40. The zero-order valence-electron chi connectivity index (χ0n) is 22.8. The second-order valence-corrected chi connectivity index (χ2v) is 10.5. The molecule has 0 aliphatic carbocycles. The Balaban J connectivity index is 1.48. The first kappa shape index (κ1) is 24.2. The summed E-state index contributed by atoms with van der Waals surface area (Å²) >= 11 is 0. The Labute approximate surface area is 243 Å². The fourth-order valence-electron chi connectivity index (χ4n) is 6.00. The second kappa shape index (κ2) is 10.1. The van der Waals surface area contributed by atoms with E-state index in [2.05, 4.69) is 126 Å². The van der Waals surface area contributed by atoms with Crippen LogP contribution in [0.3, 0.4) is 0 Å². The molecule has 196 valence electrons. The summed E-state index contributed by atoms with van der Waals surface area (Å²) in [5.41, 5.74) is 7.01. The number of hydrogen-bond donors (Lipinski definition) is 0. The molecule has 0 amide bonds. The molecule has 2 heterocycles. The molecule has 8 aromatic rings. The molecule has 0 N–H and O–H groups in total. The SMILES string of the molecule is c1ccc(-c2cc(-c3c4ccccc4cc4c3ccc3ccccc34)nc(-c3ccccc3-c3cccnc3)n2)cc1. The van der Waals surface area contributed by atoms with Crippen molar-refractivity contribution >= 4 is 32.3 Å². The third-order valence-corrected chi connectivity index (χ3v) is 7.96. The van der Waals surface area contributed by atoms with Crippen LogP contribution in [0.5, 0.6) is 0 Å². The van der Waals surface area contributed by atoms with Gasteiger partial charge >= 0.3 is 0 Å². The van der Waals surface area contributed by atoms with E-state index in [-0.39, 0.29) is 0 Å². The van der Waals surface area contributed by atoms with Crippen molar-refractivity contribution in [2.75, 3.05) is 0 Å². The van der Waals surface area contributed by atoms with E-state index >= 15 is 0 Å². The smallest absolute Gasteiger partial charge is 0.161 e. The third kappa shape index (κ3) is 4.11. The molecule has 0 spiro atoms. The van der Waals surface area contributed by atoms with Gasteiger partial charge in [0.15, 0.2) is 5.82 Å². The van der Waals surface area contributed by atoms with E-state index in [1.807, 2.05) is 24.4 Å². The summed E-state index contributed by atoms with van der Waals surface area (Å²) in [4.78, 5) is 14.9. The predicted octanol–water partition coefficient (Wildman–Crippen LogP) is 10.00. The molecule has 0 atom stereocenters. The molecular weight excluding hydrogens is 510 g/mol. The molecule has 0 radical (unpaired) electrons. The highest BCUT2D eigenvalue weighted by atomic mass is 14.9. The normalized spacial score (nSPS) is 11.3. The van der Waals surface area contributed by atoms with Gasteiger partial charge in [-0.3, -0.25) is 4.98 Å². The maximum Gasteiger partial charge on any atom is 0.161 e. The average molecular weight is 536 g/mol. The quantitative estimate of drug-likeness (QED) is 0.166. The van der Waals surface area contributed by atoms with Gasteiger partial charge in [0, 0.05) is 34.6 Å². The van der Waals surface area contributed by atoms with Crippen LogP contribution >= 0.6 is 0 Å². The summed E-state index contributed by atoms with van der Waals surface area (Å²) in [7, 11) is 0. The monoisotopic (exact) mass is 535 g/mol. The van der Waals surface area contributed by atoms with Crippen LogP contribution in [0.15, 0.2) is 152 Å². The zero-order chi connectivity index (χ0) is 27.9. The van der Waals surface area contributed by atoms with E-state index in [9.17, 15) is 0 Å². The van der Waals surface area contributed by atoms with Gasteiger partial charge in [0.2, 0.25) is 0 Å². The molecule has 3 nitrogen and oxygen atoms in total. The van der Waals surface area contributed by atoms with Crippen molar-refractivity contribution in [3.8, 4) is 45.0 Å². The van der Waals surface area contributed by atoms with Crippen LogP contribution in [-0.4, -0.2) is 15.0 Å². The van der Waals surface area contributed by atoms with Crippen molar-refractivity contribution < 1.29 is 0 Å². The molecule has 0 saturated heterocycles. The van der Waals surface area contributed by atoms with E-state index in [0.717, 1.165) is 39.2 Å². The number of aromatic nitrogens is 3. The maximum atomic E-state index is 5.33. The highest BCUT2D eigenvalue weighted by molar-refractivity contribution is 6.19. The molecule has 0 unspecified atom stereocenters. The Bertz CT molecular complexity index is 2240. The largest absolute Gasteiger partial charge is 0.264 e. The van der Waals surface area contributed by atoms with Crippen molar-refractivity contribution in [1.29, 1.82) is 0 Å². The fraction of sp³-hybridized carbons (Fsp3) is 0. The molecule has 42 heavy (non-hydrogen) atoms. The van der Waals surface area contributed by atoms with Gasteiger partial charge in [-0.2, -0.15) is 0 Å². The van der Waals surface area contributed by atoms with Crippen LogP contribution in [0.2, 0.25) is 0 Å². The zero-order valence-corrected chi connectivity index (χ0v) is 22.8. The van der Waals surface area contributed by atoms with Gasteiger partial charge in [0.25, 0.3) is 0 Å². The molecule has 3 heteroatoms. The van der Waals surface area contributed by atoms with Crippen molar-refractivity contribution in [3.63, 3.8) is 0 Å². The Morgan fingerprint density at radius 2 is 1.10 bits per heavy atom. The van der Waals surface area contributed by atoms with E-state index in [0.29, 0.717) is 5.82 Å². The molecule has 8 rings (SSSR count). The number of rotatable bonds is 4. The van der Waals surface area contributed by atoms with Crippen LogP contribution in [0, 0.1) is 0 Å². The first-order valence-electron chi connectivity index (χ1n) is 14.1. The summed E-state index contributed by atoms with van der Waals surface area (Å²) in [6, 6.07) is 48.8.